The maximum absolute atomic E-state index is 5.26. The Balaban J connectivity index is 1.96. The predicted molar refractivity (Wildman–Crippen MR) is 48.8 cm³/mol. The topological polar surface area (TPSA) is 12.5 Å². The number of hydrogen-bond donors (Lipinski definition) is 0. The molecule has 0 spiro atoms. The summed E-state index contributed by atoms with van der Waals surface area (Å²) in [6.45, 7) is 3.75. The lowest BCUT2D eigenvalue weighted by atomic mass is 10.3. The molecule has 0 aromatic rings. The van der Waals surface area contributed by atoms with Crippen molar-refractivity contribution in [3.8, 4) is 0 Å². The highest BCUT2D eigenvalue weighted by Crippen LogP contribution is 2.09. The minimum absolute atomic E-state index is 0.858. The summed E-state index contributed by atoms with van der Waals surface area (Å²) in [5, 5.41) is 0. The quantitative estimate of drug-likeness (QED) is 0.578. The Kier molecular flexibility index (Phi) is 2.28. The normalized spacial score (nSPS) is 22.0. The van der Waals surface area contributed by atoms with Gasteiger partial charge in [-0.05, 0) is 5.57 Å². The Bertz CT molecular complexity index is 220. The van der Waals surface area contributed by atoms with Crippen molar-refractivity contribution < 1.29 is 4.74 Å². The van der Waals surface area contributed by atoms with Gasteiger partial charge in [-0.2, -0.15) is 0 Å². The molecule has 0 N–H and O–H groups in total. The summed E-state index contributed by atoms with van der Waals surface area (Å²) in [7, 11) is 0. The monoisotopic (exact) mass is 163 g/mol. The highest BCUT2D eigenvalue weighted by atomic mass is 16.5. The third-order valence-corrected chi connectivity index (χ3v) is 2.07. The van der Waals surface area contributed by atoms with E-state index in [0.717, 1.165) is 26.3 Å². The van der Waals surface area contributed by atoms with Gasteiger partial charge in [-0.25, -0.2) is 0 Å². The summed E-state index contributed by atoms with van der Waals surface area (Å²) in [6.07, 6.45) is 10.6. The lowest BCUT2D eigenvalue weighted by molar-refractivity contribution is 0.0592. The van der Waals surface area contributed by atoms with Crippen LogP contribution in [0.5, 0.6) is 0 Å². The Morgan fingerprint density at radius 3 is 2.50 bits per heavy atom. The second-order valence-electron chi connectivity index (χ2n) is 3.00. The van der Waals surface area contributed by atoms with E-state index in [0.29, 0.717) is 0 Å². The molecule has 0 saturated carbocycles. The lowest BCUT2D eigenvalue weighted by Gasteiger charge is -2.25. The molecule has 12 heavy (non-hydrogen) atoms. The Hall–Kier alpha value is -1.02. The van der Waals surface area contributed by atoms with Crippen molar-refractivity contribution in [2.45, 2.75) is 0 Å². The molecule has 2 aliphatic rings. The van der Waals surface area contributed by atoms with Gasteiger partial charge in [0.25, 0.3) is 0 Å². The van der Waals surface area contributed by atoms with E-state index >= 15 is 0 Å². The number of hydrogen-bond acceptors (Lipinski definition) is 2. The second-order valence-corrected chi connectivity index (χ2v) is 3.00. The summed E-state index contributed by atoms with van der Waals surface area (Å²) >= 11 is 0. The molecule has 2 rings (SSSR count). The maximum Gasteiger partial charge on any atom is 0.0642 e. The van der Waals surface area contributed by atoms with Gasteiger partial charge in [0.05, 0.1) is 13.2 Å². The van der Waals surface area contributed by atoms with E-state index in [1.807, 2.05) is 0 Å². The van der Waals surface area contributed by atoms with Crippen LogP contribution in [0.2, 0.25) is 0 Å². The van der Waals surface area contributed by atoms with Crippen molar-refractivity contribution in [2.75, 3.05) is 26.3 Å². The van der Waals surface area contributed by atoms with E-state index in [1.165, 1.54) is 5.57 Å². The van der Waals surface area contributed by atoms with Crippen LogP contribution in [-0.4, -0.2) is 31.2 Å². The zero-order valence-corrected chi connectivity index (χ0v) is 7.07. The molecule has 1 aliphatic carbocycles. The molecule has 0 aromatic carbocycles. The van der Waals surface area contributed by atoms with Gasteiger partial charge in [-0.1, -0.05) is 24.3 Å². The van der Waals surface area contributed by atoms with Crippen molar-refractivity contribution in [3.63, 3.8) is 0 Å². The van der Waals surface area contributed by atoms with Gasteiger partial charge in [0.2, 0.25) is 0 Å². The molecule has 64 valence electrons. The van der Waals surface area contributed by atoms with Crippen molar-refractivity contribution in [1.29, 1.82) is 0 Å². The number of morpholine rings is 1. The smallest absolute Gasteiger partial charge is 0.0642 e. The molecule has 0 bridgehead atoms. The molecular weight excluding hydrogens is 150 g/mol. The molecule has 1 heterocycles. The van der Waals surface area contributed by atoms with Crippen LogP contribution < -0.4 is 0 Å². The van der Waals surface area contributed by atoms with Crippen LogP contribution >= 0.6 is 0 Å². The molecule has 0 unspecified atom stereocenters. The highest BCUT2D eigenvalue weighted by Gasteiger charge is 2.06. The van der Waals surface area contributed by atoms with Crippen LogP contribution in [0.1, 0.15) is 0 Å². The molecule has 0 aromatic heterocycles. The van der Waals surface area contributed by atoms with E-state index in [9.17, 15) is 0 Å². The average Bonchev–Trinajstić information content (AvgIpc) is 2.59. The van der Waals surface area contributed by atoms with Gasteiger partial charge in [-0.3, -0.25) is 0 Å². The number of nitrogens with zero attached hydrogens (tertiary/aromatic N) is 1. The van der Waals surface area contributed by atoms with E-state index < -0.39 is 0 Å². The fourth-order valence-corrected chi connectivity index (χ4v) is 1.39. The van der Waals surface area contributed by atoms with Crippen molar-refractivity contribution in [1.82, 2.24) is 4.90 Å². The maximum atomic E-state index is 5.26. The SMILES string of the molecule is C1=CC(=CN2CCOCC2)C=C1. The third-order valence-electron chi connectivity index (χ3n) is 2.07. The van der Waals surface area contributed by atoms with Crippen LogP contribution in [0.4, 0.5) is 0 Å². The molecule has 1 saturated heterocycles. The molecule has 1 fully saturated rings. The van der Waals surface area contributed by atoms with Gasteiger partial charge >= 0.3 is 0 Å². The molecule has 1 aliphatic heterocycles. The summed E-state index contributed by atoms with van der Waals surface area (Å²) in [5.41, 5.74) is 1.29. The predicted octanol–water partition coefficient (Wildman–Crippen LogP) is 1.33. The Morgan fingerprint density at radius 1 is 1.17 bits per heavy atom. The minimum Gasteiger partial charge on any atom is -0.378 e. The van der Waals surface area contributed by atoms with Gasteiger partial charge in [0, 0.05) is 19.3 Å². The molecule has 2 nitrogen and oxygen atoms in total. The summed E-state index contributed by atoms with van der Waals surface area (Å²) in [5.74, 6) is 0. The summed E-state index contributed by atoms with van der Waals surface area (Å²) < 4.78 is 5.26. The summed E-state index contributed by atoms with van der Waals surface area (Å²) in [6, 6.07) is 0. The molecular formula is C10H13NO. The van der Waals surface area contributed by atoms with Gasteiger partial charge in [0.1, 0.15) is 0 Å². The number of ether oxygens (including phenoxy) is 1. The lowest BCUT2D eigenvalue weighted by Crippen LogP contribution is -2.32. The first-order chi connectivity index (χ1) is 5.95. The number of allylic oxidation sites excluding steroid dienone is 5. The van der Waals surface area contributed by atoms with E-state index in [2.05, 4.69) is 35.4 Å². The minimum atomic E-state index is 0.858. The van der Waals surface area contributed by atoms with Crippen molar-refractivity contribution >= 4 is 0 Å². The zero-order chi connectivity index (χ0) is 8.23. The standard InChI is InChI=1S/C10H13NO/c1-2-4-10(3-1)9-11-5-7-12-8-6-11/h1-4,9H,5-8H2. The van der Waals surface area contributed by atoms with Crippen molar-refractivity contribution in [3.05, 3.63) is 36.1 Å². The van der Waals surface area contributed by atoms with Crippen LogP contribution in [-0.2, 0) is 4.74 Å². The molecule has 0 radical (unpaired) electrons. The van der Waals surface area contributed by atoms with Crippen molar-refractivity contribution in [2.24, 2.45) is 0 Å². The van der Waals surface area contributed by atoms with Gasteiger partial charge in [0.15, 0.2) is 0 Å². The molecule has 0 amide bonds. The average molecular weight is 163 g/mol. The third kappa shape index (κ3) is 1.77. The fraction of sp³-hybridized carbons (Fsp3) is 0.400. The molecule has 2 heteroatoms. The Labute approximate surface area is 72.8 Å². The van der Waals surface area contributed by atoms with E-state index in [1.54, 1.807) is 0 Å². The van der Waals surface area contributed by atoms with Crippen LogP contribution in [0.25, 0.3) is 0 Å². The fourth-order valence-electron chi connectivity index (χ4n) is 1.39. The van der Waals surface area contributed by atoms with Gasteiger partial charge < -0.3 is 9.64 Å². The first kappa shape index (κ1) is 7.62. The second kappa shape index (κ2) is 3.59. The highest BCUT2D eigenvalue weighted by molar-refractivity contribution is 5.39. The number of rotatable bonds is 1. The first-order valence-corrected chi connectivity index (χ1v) is 4.33. The van der Waals surface area contributed by atoms with Crippen LogP contribution in [0.15, 0.2) is 36.1 Å². The first-order valence-electron chi connectivity index (χ1n) is 4.33. The molecule has 0 atom stereocenters. The summed E-state index contributed by atoms with van der Waals surface area (Å²) in [4.78, 5) is 2.30. The largest absolute Gasteiger partial charge is 0.378 e. The van der Waals surface area contributed by atoms with Gasteiger partial charge in [-0.15, -0.1) is 0 Å². The van der Waals surface area contributed by atoms with Crippen LogP contribution in [0, 0.1) is 0 Å². The zero-order valence-electron chi connectivity index (χ0n) is 7.07. The van der Waals surface area contributed by atoms with E-state index in [4.69, 9.17) is 4.74 Å². The van der Waals surface area contributed by atoms with Crippen LogP contribution in [0.3, 0.4) is 0 Å². The van der Waals surface area contributed by atoms with E-state index in [-0.39, 0.29) is 0 Å². The Morgan fingerprint density at radius 2 is 1.83 bits per heavy atom.